The Morgan fingerprint density at radius 1 is 1.41 bits per heavy atom. The normalized spacial score (nSPS) is 11.5. The van der Waals surface area contributed by atoms with Gasteiger partial charge in [-0.05, 0) is 43.0 Å². The van der Waals surface area contributed by atoms with Crippen LogP contribution in [0, 0.1) is 5.92 Å². The second kappa shape index (κ2) is 5.82. The van der Waals surface area contributed by atoms with Crippen LogP contribution in [0.4, 0.5) is 0 Å². The Labute approximate surface area is 103 Å². The number of nitrogens with one attached hydrogen (secondary N) is 2. The van der Waals surface area contributed by atoms with Crippen LogP contribution in [-0.2, 0) is 6.54 Å². The zero-order valence-electron chi connectivity index (χ0n) is 10.7. The third-order valence-corrected chi connectivity index (χ3v) is 2.99. The Kier molecular flexibility index (Phi) is 4.15. The lowest BCUT2D eigenvalue weighted by Crippen LogP contribution is -2.14. The maximum Gasteiger partial charge on any atom is 0.137 e. The minimum atomic E-state index is 0.800. The highest BCUT2D eigenvalue weighted by molar-refractivity contribution is 5.79. The molecule has 2 rings (SSSR count). The van der Waals surface area contributed by atoms with E-state index in [1.165, 1.54) is 23.8 Å². The summed E-state index contributed by atoms with van der Waals surface area (Å²) in [5.74, 6) is 0.800. The van der Waals surface area contributed by atoms with Crippen LogP contribution in [0.3, 0.4) is 0 Å². The summed E-state index contributed by atoms with van der Waals surface area (Å²) in [5.41, 5.74) is 2.28. The van der Waals surface area contributed by atoms with Gasteiger partial charge in [-0.15, -0.1) is 0 Å². The van der Waals surface area contributed by atoms with Crippen molar-refractivity contribution in [1.29, 1.82) is 0 Å². The van der Waals surface area contributed by atoms with Crippen LogP contribution < -0.4 is 5.32 Å². The molecule has 3 nitrogen and oxygen atoms in total. The van der Waals surface area contributed by atoms with Gasteiger partial charge in [0, 0.05) is 24.3 Å². The molecule has 0 aromatic carbocycles. The molecule has 0 fully saturated rings. The van der Waals surface area contributed by atoms with Crippen molar-refractivity contribution in [3.63, 3.8) is 0 Å². The molecule has 0 radical (unpaired) electrons. The van der Waals surface area contributed by atoms with Gasteiger partial charge in [-0.3, -0.25) is 0 Å². The van der Waals surface area contributed by atoms with Crippen molar-refractivity contribution in [2.75, 3.05) is 6.54 Å². The topological polar surface area (TPSA) is 40.7 Å². The number of nitrogens with zero attached hydrogens (tertiary/aromatic N) is 1. The van der Waals surface area contributed by atoms with E-state index in [9.17, 15) is 0 Å². The van der Waals surface area contributed by atoms with Crippen molar-refractivity contribution in [3.05, 3.63) is 30.1 Å². The van der Waals surface area contributed by atoms with Gasteiger partial charge in [0.2, 0.25) is 0 Å². The summed E-state index contributed by atoms with van der Waals surface area (Å²) in [6, 6.07) is 4.10. The Morgan fingerprint density at radius 2 is 2.29 bits per heavy atom. The molecule has 2 aromatic heterocycles. The Morgan fingerprint density at radius 3 is 3.12 bits per heavy atom. The van der Waals surface area contributed by atoms with E-state index in [-0.39, 0.29) is 0 Å². The average Bonchev–Trinajstić information content (AvgIpc) is 2.72. The van der Waals surface area contributed by atoms with Gasteiger partial charge in [-0.1, -0.05) is 13.8 Å². The minimum absolute atomic E-state index is 0.800. The summed E-state index contributed by atoms with van der Waals surface area (Å²) < 4.78 is 0. The Hall–Kier alpha value is -1.35. The number of pyridine rings is 1. The van der Waals surface area contributed by atoms with E-state index in [0.29, 0.717) is 0 Å². The highest BCUT2D eigenvalue weighted by Crippen LogP contribution is 2.15. The summed E-state index contributed by atoms with van der Waals surface area (Å²) in [6.45, 7) is 6.55. The predicted molar refractivity (Wildman–Crippen MR) is 71.9 cm³/mol. The lowest BCUT2D eigenvalue weighted by molar-refractivity contribution is 0.528. The number of aromatic nitrogens is 2. The second-order valence-electron chi connectivity index (χ2n) is 4.93. The fourth-order valence-electron chi connectivity index (χ4n) is 2.02. The summed E-state index contributed by atoms with van der Waals surface area (Å²) in [7, 11) is 0. The Balaban J connectivity index is 1.83. The van der Waals surface area contributed by atoms with E-state index in [1.807, 2.05) is 18.5 Å². The van der Waals surface area contributed by atoms with Gasteiger partial charge >= 0.3 is 0 Å². The number of rotatable bonds is 6. The SMILES string of the molecule is CC(C)CCCNCc1c[nH]c2ncccc12. The molecule has 2 N–H and O–H groups in total. The molecule has 0 aliphatic rings. The monoisotopic (exact) mass is 231 g/mol. The molecule has 17 heavy (non-hydrogen) atoms. The van der Waals surface area contributed by atoms with E-state index in [2.05, 4.69) is 35.2 Å². The molecule has 0 aliphatic heterocycles. The molecule has 2 aromatic rings. The number of hydrogen-bond acceptors (Lipinski definition) is 2. The lowest BCUT2D eigenvalue weighted by Gasteiger charge is -2.05. The van der Waals surface area contributed by atoms with E-state index >= 15 is 0 Å². The van der Waals surface area contributed by atoms with Gasteiger partial charge < -0.3 is 10.3 Å². The standard InChI is InChI=1S/C14H21N3/c1-11(2)5-3-7-15-9-12-10-17-14-13(12)6-4-8-16-14/h4,6,8,10-11,15H,3,5,7,9H2,1-2H3,(H,16,17). The molecule has 0 amide bonds. The third-order valence-electron chi connectivity index (χ3n) is 2.99. The third kappa shape index (κ3) is 3.30. The zero-order chi connectivity index (χ0) is 12.1. The van der Waals surface area contributed by atoms with Crippen molar-refractivity contribution in [2.45, 2.75) is 33.2 Å². The first kappa shape index (κ1) is 12.1. The van der Waals surface area contributed by atoms with Crippen LogP contribution in [-0.4, -0.2) is 16.5 Å². The average molecular weight is 231 g/mol. The first-order chi connectivity index (χ1) is 8.27. The van der Waals surface area contributed by atoms with Crippen LogP contribution in [0.2, 0.25) is 0 Å². The predicted octanol–water partition coefficient (Wildman–Crippen LogP) is 3.09. The molecule has 92 valence electrons. The van der Waals surface area contributed by atoms with E-state index < -0.39 is 0 Å². The van der Waals surface area contributed by atoms with E-state index in [0.717, 1.165) is 24.7 Å². The largest absolute Gasteiger partial charge is 0.346 e. The van der Waals surface area contributed by atoms with Gasteiger partial charge in [0.25, 0.3) is 0 Å². The number of fused-ring (bicyclic) bond motifs is 1. The molecule has 0 unspecified atom stereocenters. The maximum atomic E-state index is 4.29. The minimum Gasteiger partial charge on any atom is -0.346 e. The second-order valence-corrected chi connectivity index (χ2v) is 4.93. The van der Waals surface area contributed by atoms with Crippen molar-refractivity contribution in [1.82, 2.24) is 15.3 Å². The first-order valence-electron chi connectivity index (χ1n) is 6.39. The molecular weight excluding hydrogens is 210 g/mol. The molecule has 3 heteroatoms. The molecule has 2 heterocycles. The van der Waals surface area contributed by atoms with E-state index in [1.54, 1.807) is 0 Å². The van der Waals surface area contributed by atoms with Crippen LogP contribution in [0.15, 0.2) is 24.5 Å². The number of aromatic amines is 1. The highest BCUT2D eigenvalue weighted by atomic mass is 14.9. The maximum absolute atomic E-state index is 4.29. The van der Waals surface area contributed by atoms with Crippen LogP contribution >= 0.6 is 0 Å². The van der Waals surface area contributed by atoms with Crippen molar-refractivity contribution < 1.29 is 0 Å². The summed E-state index contributed by atoms with van der Waals surface area (Å²) >= 11 is 0. The van der Waals surface area contributed by atoms with Gasteiger partial charge in [-0.25, -0.2) is 4.98 Å². The first-order valence-corrected chi connectivity index (χ1v) is 6.39. The van der Waals surface area contributed by atoms with Crippen molar-refractivity contribution in [2.24, 2.45) is 5.92 Å². The van der Waals surface area contributed by atoms with Gasteiger partial charge in [-0.2, -0.15) is 0 Å². The molecule has 0 bridgehead atoms. The number of hydrogen-bond donors (Lipinski definition) is 2. The van der Waals surface area contributed by atoms with Crippen molar-refractivity contribution in [3.8, 4) is 0 Å². The van der Waals surface area contributed by atoms with Crippen LogP contribution in [0.5, 0.6) is 0 Å². The summed E-state index contributed by atoms with van der Waals surface area (Å²) in [5, 5.41) is 4.71. The van der Waals surface area contributed by atoms with Crippen LogP contribution in [0.1, 0.15) is 32.3 Å². The lowest BCUT2D eigenvalue weighted by atomic mass is 10.1. The molecule has 0 saturated carbocycles. The van der Waals surface area contributed by atoms with Crippen molar-refractivity contribution >= 4 is 11.0 Å². The Bertz CT molecular complexity index is 459. The quantitative estimate of drug-likeness (QED) is 0.750. The van der Waals surface area contributed by atoms with E-state index in [4.69, 9.17) is 0 Å². The number of H-pyrrole nitrogens is 1. The molecular formula is C14H21N3. The smallest absolute Gasteiger partial charge is 0.137 e. The van der Waals surface area contributed by atoms with Crippen LogP contribution in [0.25, 0.3) is 11.0 Å². The van der Waals surface area contributed by atoms with Gasteiger partial charge in [0.1, 0.15) is 5.65 Å². The zero-order valence-corrected chi connectivity index (χ0v) is 10.7. The van der Waals surface area contributed by atoms with Gasteiger partial charge in [0.05, 0.1) is 0 Å². The highest BCUT2D eigenvalue weighted by Gasteiger charge is 2.02. The van der Waals surface area contributed by atoms with Gasteiger partial charge in [0.15, 0.2) is 0 Å². The fraction of sp³-hybridized carbons (Fsp3) is 0.500. The summed E-state index contributed by atoms with van der Waals surface area (Å²) in [6.07, 6.45) is 6.41. The molecule has 0 spiro atoms. The fourth-order valence-corrected chi connectivity index (χ4v) is 2.02. The molecule has 0 aliphatic carbocycles. The molecule has 0 saturated heterocycles. The molecule has 0 atom stereocenters. The summed E-state index contributed by atoms with van der Waals surface area (Å²) in [4.78, 5) is 7.48.